The third kappa shape index (κ3) is 5.32. The number of anilines is 4. The first-order valence-electron chi connectivity index (χ1n) is 15.2. The normalized spacial score (nSPS) is 11.0. The highest BCUT2D eigenvalue weighted by atomic mass is 15.2. The molecule has 0 atom stereocenters. The van der Waals surface area contributed by atoms with Crippen LogP contribution in [0, 0.1) is 6.92 Å². The van der Waals surface area contributed by atoms with Crippen molar-refractivity contribution in [1.29, 1.82) is 0 Å². The lowest BCUT2D eigenvalue weighted by Crippen LogP contribution is -2.15. The summed E-state index contributed by atoms with van der Waals surface area (Å²) in [5.41, 5.74) is 12.2. The van der Waals surface area contributed by atoms with Crippen LogP contribution in [0.2, 0.25) is 0 Å². The second kappa shape index (κ2) is 12.1. The predicted octanol–water partition coefficient (Wildman–Crippen LogP) is 10.5. The van der Waals surface area contributed by atoms with Gasteiger partial charge in [0.1, 0.15) is 0 Å². The van der Waals surface area contributed by atoms with Crippen LogP contribution in [-0.4, -0.2) is 24.1 Å². The van der Waals surface area contributed by atoms with Crippen molar-refractivity contribution < 1.29 is 0 Å². The Morgan fingerprint density at radius 1 is 0.444 bits per heavy atom. The maximum Gasteiger partial charge on any atom is 0.230 e. The summed E-state index contributed by atoms with van der Waals surface area (Å²) >= 11 is 0. The van der Waals surface area contributed by atoms with Gasteiger partial charge in [0.2, 0.25) is 5.95 Å². The monoisotopic (exact) mass is 582 g/mol. The van der Waals surface area contributed by atoms with Gasteiger partial charge >= 0.3 is 0 Å². The van der Waals surface area contributed by atoms with Crippen molar-refractivity contribution in [3.8, 4) is 33.5 Å². The van der Waals surface area contributed by atoms with Crippen LogP contribution < -0.4 is 9.80 Å². The van der Waals surface area contributed by atoms with Gasteiger partial charge in [-0.05, 0) is 53.9 Å². The first-order valence-corrected chi connectivity index (χ1v) is 15.2. The zero-order chi connectivity index (χ0) is 30.8. The van der Waals surface area contributed by atoms with E-state index in [0.29, 0.717) is 5.95 Å². The van der Waals surface area contributed by atoms with Gasteiger partial charge in [-0.1, -0.05) is 121 Å². The lowest BCUT2D eigenvalue weighted by Gasteiger charge is -2.25. The molecule has 0 radical (unpaired) electrons. The van der Waals surface area contributed by atoms with Crippen LogP contribution in [0.1, 0.15) is 5.56 Å². The molecule has 0 aliphatic heterocycles. The summed E-state index contributed by atoms with van der Waals surface area (Å²) < 4.78 is 0. The third-order valence-electron chi connectivity index (χ3n) is 8.53. The van der Waals surface area contributed by atoms with Crippen LogP contribution in [0.3, 0.4) is 0 Å². The van der Waals surface area contributed by atoms with Gasteiger partial charge in [0.15, 0.2) is 0 Å². The Kier molecular flexibility index (Phi) is 7.54. The van der Waals surface area contributed by atoms with Crippen molar-refractivity contribution in [2.75, 3.05) is 23.9 Å². The Balaban J connectivity index is 1.33. The molecular weight excluding hydrogens is 548 g/mol. The van der Waals surface area contributed by atoms with E-state index >= 15 is 0 Å². The van der Waals surface area contributed by atoms with E-state index in [2.05, 4.69) is 164 Å². The van der Waals surface area contributed by atoms with E-state index in [4.69, 9.17) is 9.97 Å². The van der Waals surface area contributed by atoms with Gasteiger partial charge < -0.3 is 9.80 Å². The largest absolute Gasteiger partial charge is 0.344 e. The number of benzene rings is 6. The first-order chi connectivity index (χ1) is 22.1. The van der Waals surface area contributed by atoms with E-state index < -0.39 is 0 Å². The number of fused-ring (bicyclic) bond motifs is 1. The molecule has 0 spiro atoms. The SMILES string of the molecule is Cc1c(-c2ccccc2N(C)c2ccccc2)cccc1-c1ccccc1N(C)c1nc(-c2ccccc2)c2ccccc2n1. The van der Waals surface area contributed by atoms with Crippen molar-refractivity contribution in [3.63, 3.8) is 0 Å². The molecule has 0 fully saturated rings. The molecule has 0 amide bonds. The Labute approximate surface area is 264 Å². The summed E-state index contributed by atoms with van der Waals surface area (Å²) in [7, 11) is 4.19. The molecule has 45 heavy (non-hydrogen) atoms. The zero-order valence-corrected chi connectivity index (χ0v) is 25.7. The van der Waals surface area contributed by atoms with Crippen molar-refractivity contribution >= 4 is 33.9 Å². The summed E-state index contributed by atoms with van der Waals surface area (Å²) in [5, 5.41) is 1.04. The molecule has 0 unspecified atom stereocenters. The van der Waals surface area contributed by atoms with Crippen LogP contribution in [0.25, 0.3) is 44.4 Å². The summed E-state index contributed by atoms with van der Waals surface area (Å²) in [4.78, 5) is 14.5. The molecule has 7 aromatic rings. The van der Waals surface area contributed by atoms with E-state index in [9.17, 15) is 0 Å². The quantitative estimate of drug-likeness (QED) is 0.187. The molecule has 1 aromatic heterocycles. The van der Waals surface area contributed by atoms with Crippen molar-refractivity contribution in [2.24, 2.45) is 0 Å². The summed E-state index contributed by atoms with van der Waals surface area (Å²) in [5.74, 6) is 0.656. The molecule has 6 aromatic carbocycles. The standard InChI is InChI=1S/C41H34N4/c1-29-32(34-21-11-14-27-38(34)44(2)31-19-8-5-9-20-31)24-16-25-33(29)35-22-12-15-28-39(35)45(3)41-42-37-26-13-10-23-36(37)40(43-41)30-17-6-4-7-18-30/h4-28H,1-3H3. The molecule has 4 nitrogen and oxygen atoms in total. The van der Waals surface area contributed by atoms with Gasteiger partial charge in [-0.2, -0.15) is 0 Å². The average molecular weight is 583 g/mol. The Morgan fingerprint density at radius 2 is 0.956 bits per heavy atom. The molecule has 0 saturated heterocycles. The summed E-state index contributed by atoms with van der Waals surface area (Å²) in [6, 6.07) is 52.8. The minimum absolute atomic E-state index is 0.656. The van der Waals surface area contributed by atoms with E-state index in [-0.39, 0.29) is 0 Å². The molecular formula is C41H34N4. The summed E-state index contributed by atoms with van der Waals surface area (Å²) in [6.07, 6.45) is 0. The van der Waals surface area contributed by atoms with Gasteiger partial charge in [0.25, 0.3) is 0 Å². The van der Waals surface area contributed by atoms with Crippen LogP contribution in [-0.2, 0) is 0 Å². The van der Waals surface area contributed by atoms with Gasteiger partial charge in [0, 0.05) is 47.5 Å². The molecule has 0 aliphatic rings. The smallest absolute Gasteiger partial charge is 0.230 e. The fraction of sp³-hybridized carbons (Fsp3) is 0.0732. The predicted molar refractivity (Wildman–Crippen MR) is 190 cm³/mol. The maximum absolute atomic E-state index is 5.14. The summed E-state index contributed by atoms with van der Waals surface area (Å²) in [6.45, 7) is 2.22. The van der Waals surface area contributed by atoms with Crippen LogP contribution in [0.5, 0.6) is 0 Å². The molecule has 4 heteroatoms. The first kappa shape index (κ1) is 28.1. The number of hydrogen-bond acceptors (Lipinski definition) is 4. The number of hydrogen-bond donors (Lipinski definition) is 0. The molecule has 0 N–H and O–H groups in total. The van der Waals surface area contributed by atoms with Crippen LogP contribution in [0.15, 0.2) is 152 Å². The number of para-hydroxylation sites is 4. The van der Waals surface area contributed by atoms with Gasteiger partial charge in [-0.15, -0.1) is 0 Å². The van der Waals surface area contributed by atoms with Crippen LogP contribution >= 0.6 is 0 Å². The zero-order valence-electron chi connectivity index (χ0n) is 25.7. The highest BCUT2D eigenvalue weighted by molar-refractivity contribution is 5.94. The number of nitrogens with zero attached hydrogens (tertiary/aromatic N) is 4. The number of rotatable bonds is 7. The number of aromatic nitrogens is 2. The Bertz CT molecular complexity index is 2100. The van der Waals surface area contributed by atoms with Crippen molar-refractivity contribution in [1.82, 2.24) is 9.97 Å². The van der Waals surface area contributed by atoms with Crippen molar-refractivity contribution in [2.45, 2.75) is 6.92 Å². The highest BCUT2D eigenvalue weighted by Crippen LogP contribution is 2.41. The Morgan fingerprint density at radius 3 is 1.62 bits per heavy atom. The third-order valence-corrected chi connectivity index (χ3v) is 8.53. The van der Waals surface area contributed by atoms with Gasteiger partial charge in [-0.25, -0.2) is 9.97 Å². The molecule has 7 rings (SSSR count). The molecule has 218 valence electrons. The topological polar surface area (TPSA) is 32.3 Å². The second-order valence-corrected chi connectivity index (χ2v) is 11.2. The fourth-order valence-corrected chi connectivity index (χ4v) is 6.14. The molecule has 0 saturated carbocycles. The van der Waals surface area contributed by atoms with Crippen molar-refractivity contribution in [3.05, 3.63) is 157 Å². The van der Waals surface area contributed by atoms with E-state index in [0.717, 1.165) is 44.8 Å². The minimum atomic E-state index is 0.656. The van der Waals surface area contributed by atoms with E-state index in [1.807, 2.05) is 18.2 Å². The van der Waals surface area contributed by atoms with Crippen LogP contribution in [0.4, 0.5) is 23.0 Å². The van der Waals surface area contributed by atoms with E-state index in [1.165, 1.54) is 22.3 Å². The van der Waals surface area contributed by atoms with Gasteiger partial charge in [-0.3, -0.25) is 0 Å². The maximum atomic E-state index is 5.14. The molecule has 1 heterocycles. The van der Waals surface area contributed by atoms with Gasteiger partial charge in [0.05, 0.1) is 16.9 Å². The van der Waals surface area contributed by atoms with E-state index in [1.54, 1.807) is 0 Å². The highest BCUT2D eigenvalue weighted by Gasteiger charge is 2.19. The second-order valence-electron chi connectivity index (χ2n) is 11.2. The lowest BCUT2D eigenvalue weighted by molar-refractivity contribution is 1.07. The Hall–Kier alpha value is -5.74. The molecule has 0 aliphatic carbocycles. The average Bonchev–Trinajstić information content (AvgIpc) is 3.11. The lowest BCUT2D eigenvalue weighted by atomic mass is 9.91. The molecule has 0 bridgehead atoms. The fourth-order valence-electron chi connectivity index (χ4n) is 6.14. The minimum Gasteiger partial charge on any atom is -0.344 e.